The maximum atomic E-state index is 13.7. The summed E-state index contributed by atoms with van der Waals surface area (Å²) in [7, 11) is 1.80. The first-order chi connectivity index (χ1) is 8.58. The monoisotopic (exact) mass is 268 g/mol. The molecule has 0 aliphatic carbocycles. The molecule has 1 unspecified atom stereocenters. The van der Waals surface area contributed by atoms with Crippen LogP contribution in [0.4, 0.5) is 4.39 Å². The molecule has 0 saturated heterocycles. The Hall–Kier alpha value is -1.46. The van der Waals surface area contributed by atoms with Crippen molar-refractivity contribution in [3.63, 3.8) is 0 Å². The Morgan fingerprint density at radius 2 is 2.22 bits per heavy atom. The molecule has 1 heterocycles. The number of nitrogens with zero attached hydrogens (tertiary/aromatic N) is 3. The van der Waals surface area contributed by atoms with Crippen molar-refractivity contribution in [2.24, 2.45) is 12.8 Å². The molecule has 96 valence electrons. The summed E-state index contributed by atoms with van der Waals surface area (Å²) in [6.45, 7) is 0. The van der Waals surface area contributed by atoms with E-state index in [9.17, 15) is 4.39 Å². The van der Waals surface area contributed by atoms with Crippen LogP contribution in [-0.4, -0.2) is 20.8 Å². The Bertz CT molecular complexity index is 541. The van der Waals surface area contributed by atoms with Gasteiger partial charge in [-0.1, -0.05) is 23.7 Å². The second-order valence-corrected chi connectivity index (χ2v) is 4.59. The summed E-state index contributed by atoms with van der Waals surface area (Å²) in [4.78, 5) is 4.09. The fraction of sp³-hybridized carbons (Fsp3) is 0.333. The van der Waals surface area contributed by atoms with Crippen LogP contribution in [0.3, 0.4) is 0 Å². The number of nitrogens with two attached hydrogens (primary N) is 1. The van der Waals surface area contributed by atoms with Gasteiger partial charge in [0.05, 0.1) is 5.02 Å². The Labute approximate surface area is 110 Å². The van der Waals surface area contributed by atoms with Crippen molar-refractivity contribution >= 4 is 11.6 Å². The SMILES string of the molecule is Cn1ncnc1CC(N)Cc1cccc(Cl)c1F. The summed E-state index contributed by atoms with van der Waals surface area (Å²) < 4.78 is 15.4. The first kappa shape index (κ1) is 13.0. The Morgan fingerprint density at radius 3 is 2.89 bits per heavy atom. The Kier molecular flexibility index (Phi) is 3.93. The Morgan fingerprint density at radius 1 is 1.44 bits per heavy atom. The van der Waals surface area contributed by atoms with Crippen molar-refractivity contribution in [2.75, 3.05) is 0 Å². The van der Waals surface area contributed by atoms with E-state index in [4.69, 9.17) is 17.3 Å². The summed E-state index contributed by atoms with van der Waals surface area (Å²) in [5.74, 6) is 0.387. The van der Waals surface area contributed by atoms with Crippen LogP contribution in [-0.2, 0) is 19.9 Å². The molecule has 6 heteroatoms. The summed E-state index contributed by atoms with van der Waals surface area (Å²) in [6, 6.07) is 4.71. The number of hydrogen-bond donors (Lipinski definition) is 1. The first-order valence-corrected chi connectivity index (χ1v) is 5.97. The third-order valence-corrected chi connectivity index (χ3v) is 3.06. The second kappa shape index (κ2) is 5.46. The maximum Gasteiger partial charge on any atom is 0.145 e. The molecule has 0 spiro atoms. The quantitative estimate of drug-likeness (QED) is 0.919. The first-order valence-electron chi connectivity index (χ1n) is 5.59. The average Bonchev–Trinajstić information content (AvgIpc) is 2.71. The highest BCUT2D eigenvalue weighted by atomic mass is 35.5. The smallest absolute Gasteiger partial charge is 0.145 e. The minimum atomic E-state index is -0.396. The van der Waals surface area contributed by atoms with E-state index in [-0.39, 0.29) is 11.1 Å². The summed E-state index contributed by atoms with van der Waals surface area (Å²) in [5.41, 5.74) is 6.52. The fourth-order valence-corrected chi connectivity index (χ4v) is 1.99. The van der Waals surface area contributed by atoms with Gasteiger partial charge in [0.15, 0.2) is 0 Å². The van der Waals surface area contributed by atoms with E-state index in [1.165, 1.54) is 12.4 Å². The lowest BCUT2D eigenvalue weighted by Crippen LogP contribution is -2.27. The van der Waals surface area contributed by atoms with E-state index in [0.29, 0.717) is 18.4 Å². The van der Waals surface area contributed by atoms with E-state index in [1.54, 1.807) is 23.9 Å². The lowest BCUT2D eigenvalue weighted by atomic mass is 10.0. The molecule has 0 radical (unpaired) electrons. The van der Waals surface area contributed by atoms with Crippen LogP contribution >= 0.6 is 11.6 Å². The van der Waals surface area contributed by atoms with Gasteiger partial charge in [-0.3, -0.25) is 4.68 Å². The van der Waals surface area contributed by atoms with Gasteiger partial charge in [0.25, 0.3) is 0 Å². The lowest BCUT2D eigenvalue weighted by molar-refractivity contribution is 0.567. The highest BCUT2D eigenvalue weighted by molar-refractivity contribution is 6.30. The molecule has 2 N–H and O–H groups in total. The Balaban J connectivity index is 2.05. The van der Waals surface area contributed by atoms with Crippen molar-refractivity contribution < 1.29 is 4.39 Å². The molecule has 0 saturated carbocycles. The third kappa shape index (κ3) is 2.86. The van der Waals surface area contributed by atoms with Crippen LogP contribution in [0, 0.1) is 5.82 Å². The maximum absolute atomic E-state index is 13.7. The van der Waals surface area contributed by atoms with Crippen molar-refractivity contribution in [1.29, 1.82) is 0 Å². The fourth-order valence-electron chi connectivity index (χ4n) is 1.80. The predicted molar refractivity (Wildman–Crippen MR) is 67.8 cm³/mol. The van der Waals surface area contributed by atoms with E-state index in [2.05, 4.69) is 10.1 Å². The highest BCUT2D eigenvalue weighted by Gasteiger charge is 2.13. The van der Waals surface area contributed by atoms with Crippen LogP contribution in [0.25, 0.3) is 0 Å². The van der Waals surface area contributed by atoms with Gasteiger partial charge in [-0.2, -0.15) is 5.10 Å². The number of rotatable bonds is 4. The van der Waals surface area contributed by atoms with Gasteiger partial charge in [-0.25, -0.2) is 9.37 Å². The molecule has 0 aliphatic heterocycles. The van der Waals surface area contributed by atoms with Crippen LogP contribution in [0.2, 0.25) is 5.02 Å². The second-order valence-electron chi connectivity index (χ2n) is 4.18. The molecule has 0 amide bonds. The van der Waals surface area contributed by atoms with Gasteiger partial charge in [0.2, 0.25) is 0 Å². The van der Waals surface area contributed by atoms with Crippen molar-refractivity contribution in [1.82, 2.24) is 14.8 Å². The van der Waals surface area contributed by atoms with Crippen LogP contribution in [0.5, 0.6) is 0 Å². The molecule has 2 aromatic rings. The molecule has 4 nitrogen and oxygen atoms in total. The summed E-state index contributed by atoms with van der Waals surface area (Å²) in [6.07, 6.45) is 2.43. The minimum absolute atomic E-state index is 0.123. The van der Waals surface area contributed by atoms with E-state index < -0.39 is 5.82 Å². The molecular formula is C12H14ClFN4. The van der Waals surface area contributed by atoms with Gasteiger partial charge >= 0.3 is 0 Å². The molecule has 2 rings (SSSR count). The van der Waals surface area contributed by atoms with Crippen LogP contribution in [0.1, 0.15) is 11.4 Å². The summed E-state index contributed by atoms with van der Waals surface area (Å²) >= 11 is 5.72. The zero-order valence-electron chi connectivity index (χ0n) is 9.98. The van der Waals surface area contributed by atoms with Crippen LogP contribution in [0.15, 0.2) is 24.5 Å². The van der Waals surface area contributed by atoms with E-state index >= 15 is 0 Å². The number of halogens is 2. The average molecular weight is 269 g/mol. The zero-order chi connectivity index (χ0) is 13.1. The van der Waals surface area contributed by atoms with Gasteiger partial charge in [0.1, 0.15) is 18.0 Å². The molecule has 0 aliphatic rings. The van der Waals surface area contributed by atoms with Crippen molar-refractivity contribution in [2.45, 2.75) is 18.9 Å². The summed E-state index contributed by atoms with van der Waals surface area (Å²) in [5, 5.41) is 4.09. The van der Waals surface area contributed by atoms with Crippen molar-refractivity contribution in [3.8, 4) is 0 Å². The molecule has 0 bridgehead atoms. The molecule has 18 heavy (non-hydrogen) atoms. The normalized spacial score (nSPS) is 12.7. The lowest BCUT2D eigenvalue weighted by Gasteiger charge is -2.12. The standard InChI is InChI=1S/C12H14ClFN4/c1-18-11(16-7-17-18)6-9(15)5-8-3-2-4-10(13)12(8)14/h2-4,7,9H,5-6,15H2,1H3. The number of hydrogen-bond acceptors (Lipinski definition) is 3. The van der Waals surface area contributed by atoms with Gasteiger partial charge in [-0.15, -0.1) is 0 Å². The van der Waals surface area contributed by atoms with Crippen molar-refractivity contribution in [3.05, 3.63) is 46.8 Å². The molecule has 1 atom stereocenters. The van der Waals surface area contributed by atoms with Gasteiger partial charge in [-0.05, 0) is 18.1 Å². The van der Waals surface area contributed by atoms with Gasteiger partial charge in [0, 0.05) is 19.5 Å². The predicted octanol–water partition coefficient (Wildman–Crippen LogP) is 1.72. The molecule has 1 aromatic carbocycles. The van der Waals surface area contributed by atoms with E-state index in [1.807, 2.05) is 0 Å². The van der Waals surface area contributed by atoms with Gasteiger partial charge < -0.3 is 5.73 Å². The zero-order valence-corrected chi connectivity index (χ0v) is 10.7. The molecule has 1 aromatic heterocycles. The molecule has 0 fully saturated rings. The topological polar surface area (TPSA) is 56.7 Å². The largest absolute Gasteiger partial charge is 0.327 e. The number of aryl methyl sites for hydroxylation is 1. The number of benzene rings is 1. The van der Waals surface area contributed by atoms with Crippen LogP contribution < -0.4 is 5.73 Å². The number of aromatic nitrogens is 3. The highest BCUT2D eigenvalue weighted by Crippen LogP contribution is 2.19. The minimum Gasteiger partial charge on any atom is -0.327 e. The third-order valence-electron chi connectivity index (χ3n) is 2.76. The van der Waals surface area contributed by atoms with E-state index in [0.717, 1.165) is 5.82 Å². The molecular weight excluding hydrogens is 255 g/mol.